The van der Waals surface area contributed by atoms with Gasteiger partial charge in [-0.1, -0.05) is 86.4 Å². The molecule has 0 heterocycles. The van der Waals surface area contributed by atoms with Gasteiger partial charge in [-0.25, -0.2) is 0 Å². The summed E-state index contributed by atoms with van der Waals surface area (Å²) in [5, 5.41) is 0. The average Bonchev–Trinajstić information content (AvgIpc) is 2.82. The van der Waals surface area contributed by atoms with Crippen molar-refractivity contribution in [2.75, 3.05) is 6.61 Å². The Hall–Kier alpha value is -2.19. The minimum Gasteiger partial charge on any atom is -0.375 e. The maximum atomic E-state index is 6.59. The second-order valence-corrected chi connectivity index (χ2v) is 9.92. The van der Waals surface area contributed by atoms with Crippen LogP contribution < -0.4 is 0 Å². The molecule has 0 saturated heterocycles. The molecule has 2 aliphatic rings. The molecule has 0 spiro atoms. The van der Waals surface area contributed by atoms with Gasteiger partial charge in [0, 0.05) is 18.7 Å². The molecular weight excluding hydrogens is 402 g/mol. The van der Waals surface area contributed by atoms with Crippen LogP contribution in [-0.2, 0) is 4.74 Å². The van der Waals surface area contributed by atoms with E-state index in [4.69, 9.17) is 9.73 Å². The largest absolute Gasteiger partial charge is 0.375 e. The zero-order valence-electron chi connectivity index (χ0n) is 21.7. The Kier molecular flexibility index (Phi) is 9.50. The van der Waals surface area contributed by atoms with Crippen LogP contribution in [0.4, 0.5) is 0 Å². The Bertz CT molecular complexity index is 940. The zero-order chi connectivity index (χ0) is 23.8. The van der Waals surface area contributed by atoms with Crippen molar-refractivity contribution in [1.82, 2.24) is 0 Å². The summed E-state index contributed by atoms with van der Waals surface area (Å²) in [7, 11) is 0. The van der Waals surface area contributed by atoms with Crippen molar-refractivity contribution < 1.29 is 4.74 Å². The number of allylic oxidation sites excluding steroid dienone is 5. The van der Waals surface area contributed by atoms with Gasteiger partial charge in [0.2, 0.25) is 0 Å². The van der Waals surface area contributed by atoms with Gasteiger partial charge >= 0.3 is 0 Å². The summed E-state index contributed by atoms with van der Waals surface area (Å²) >= 11 is 0. The van der Waals surface area contributed by atoms with E-state index in [1.54, 1.807) is 0 Å². The van der Waals surface area contributed by atoms with Crippen LogP contribution in [0.1, 0.15) is 85.6 Å². The van der Waals surface area contributed by atoms with Crippen molar-refractivity contribution in [2.24, 2.45) is 10.9 Å². The first-order chi connectivity index (χ1) is 15.9. The lowest BCUT2D eigenvalue weighted by Crippen LogP contribution is -2.35. The van der Waals surface area contributed by atoms with Gasteiger partial charge in [-0.05, 0) is 75.2 Å². The van der Waals surface area contributed by atoms with E-state index in [-0.39, 0.29) is 12.1 Å². The van der Waals surface area contributed by atoms with E-state index in [0.717, 1.165) is 31.6 Å². The molecular formula is C31H43NO. The molecule has 0 amide bonds. The number of rotatable bonds is 9. The lowest BCUT2D eigenvalue weighted by molar-refractivity contribution is 0.0398. The summed E-state index contributed by atoms with van der Waals surface area (Å²) in [6, 6.07) is 10.6. The molecule has 0 fully saturated rings. The highest BCUT2D eigenvalue weighted by atomic mass is 16.5. The Morgan fingerprint density at radius 2 is 1.70 bits per heavy atom. The molecule has 0 aromatic heterocycles. The highest BCUT2D eigenvalue weighted by molar-refractivity contribution is 5.99. The molecule has 0 radical (unpaired) electrons. The van der Waals surface area contributed by atoms with Crippen LogP contribution in [0.25, 0.3) is 0 Å². The van der Waals surface area contributed by atoms with Crippen LogP contribution >= 0.6 is 0 Å². The van der Waals surface area contributed by atoms with Gasteiger partial charge < -0.3 is 4.74 Å². The maximum Gasteiger partial charge on any atom is 0.102 e. The Morgan fingerprint density at radius 1 is 0.970 bits per heavy atom. The number of hydrogen-bond acceptors (Lipinski definition) is 2. The Labute approximate surface area is 202 Å². The normalized spacial score (nSPS) is 23.7. The zero-order valence-corrected chi connectivity index (χ0v) is 21.7. The summed E-state index contributed by atoms with van der Waals surface area (Å²) in [4.78, 5) is 5.27. The second kappa shape index (κ2) is 12.3. The SMILES string of the molecule is CCCCCOC1CC(C2=CC(C)=CC(CC)C2)=CC(=C(C)C)C1N=C(C)c1ccccc1. The van der Waals surface area contributed by atoms with E-state index in [2.05, 4.69) is 90.1 Å². The van der Waals surface area contributed by atoms with Gasteiger partial charge in [-0.3, -0.25) is 4.99 Å². The lowest BCUT2D eigenvalue weighted by Gasteiger charge is -2.34. The fourth-order valence-corrected chi connectivity index (χ4v) is 4.96. The molecule has 1 aromatic carbocycles. The number of ether oxygens (including phenoxy) is 1. The van der Waals surface area contributed by atoms with Crippen LogP contribution in [0.5, 0.6) is 0 Å². The Morgan fingerprint density at radius 3 is 2.36 bits per heavy atom. The van der Waals surface area contributed by atoms with Crippen molar-refractivity contribution in [1.29, 1.82) is 0 Å². The lowest BCUT2D eigenvalue weighted by atomic mass is 9.78. The summed E-state index contributed by atoms with van der Waals surface area (Å²) in [5.74, 6) is 0.640. The molecule has 33 heavy (non-hydrogen) atoms. The van der Waals surface area contributed by atoms with Crippen LogP contribution in [-0.4, -0.2) is 24.5 Å². The summed E-state index contributed by atoms with van der Waals surface area (Å²) in [5.41, 5.74) is 9.26. The number of aliphatic imine (C=N–C) groups is 1. The molecule has 3 rings (SSSR count). The highest BCUT2D eigenvalue weighted by Crippen LogP contribution is 2.38. The molecule has 1 aromatic rings. The molecule has 0 N–H and O–H groups in total. The molecule has 3 unspecified atom stereocenters. The Balaban J connectivity index is 1.97. The summed E-state index contributed by atoms with van der Waals surface area (Å²) < 4.78 is 6.59. The van der Waals surface area contributed by atoms with Gasteiger partial charge in [0.1, 0.15) is 6.04 Å². The van der Waals surface area contributed by atoms with Crippen LogP contribution in [0.3, 0.4) is 0 Å². The highest BCUT2D eigenvalue weighted by Gasteiger charge is 2.32. The minimum atomic E-state index is 0.0448. The minimum absolute atomic E-state index is 0.0448. The van der Waals surface area contributed by atoms with Gasteiger partial charge in [0.25, 0.3) is 0 Å². The molecule has 2 aliphatic carbocycles. The molecule has 2 heteroatoms. The van der Waals surface area contributed by atoms with Crippen molar-refractivity contribution >= 4 is 5.71 Å². The average molecular weight is 446 g/mol. The van der Waals surface area contributed by atoms with Crippen LogP contribution in [0.15, 0.2) is 81.4 Å². The monoisotopic (exact) mass is 445 g/mol. The third-order valence-electron chi connectivity index (χ3n) is 6.92. The number of nitrogens with zero attached hydrogens (tertiary/aromatic N) is 1. The first-order valence-electron chi connectivity index (χ1n) is 12.9. The number of hydrogen-bond donors (Lipinski definition) is 0. The standard InChI is InChI=1S/C31H43NO/c1-7-9-13-16-33-30-21-28(27-18-23(5)17-25(8-2)19-27)20-29(22(3)4)31(30)32-24(6)26-14-11-10-12-15-26/h10-12,14-15,17-18,20,25,30-31H,7-9,13,16,19,21H2,1-6H3. The molecule has 3 atom stereocenters. The third kappa shape index (κ3) is 6.90. The third-order valence-corrected chi connectivity index (χ3v) is 6.92. The van der Waals surface area contributed by atoms with Gasteiger partial charge in [-0.2, -0.15) is 0 Å². The van der Waals surface area contributed by atoms with E-state index >= 15 is 0 Å². The van der Waals surface area contributed by atoms with E-state index in [1.165, 1.54) is 52.7 Å². The van der Waals surface area contributed by atoms with E-state index < -0.39 is 0 Å². The predicted molar refractivity (Wildman–Crippen MR) is 143 cm³/mol. The van der Waals surface area contributed by atoms with E-state index in [9.17, 15) is 0 Å². The maximum absolute atomic E-state index is 6.59. The topological polar surface area (TPSA) is 21.6 Å². The van der Waals surface area contributed by atoms with Gasteiger partial charge in [0.15, 0.2) is 0 Å². The van der Waals surface area contributed by atoms with Crippen molar-refractivity contribution in [2.45, 2.75) is 92.2 Å². The second-order valence-electron chi connectivity index (χ2n) is 9.92. The molecule has 0 bridgehead atoms. The first-order valence-corrected chi connectivity index (χ1v) is 12.9. The van der Waals surface area contributed by atoms with Crippen molar-refractivity contribution in [3.8, 4) is 0 Å². The van der Waals surface area contributed by atoms with Gasteiger partial charge in [0.05, 0.1) is 6.10 Å². The summed E-state index contributed by atoms with van der Waals surface area (Å²) in [6.45, 7) is 14.2. The van der Waals surface area contributed by atoms with Crippen molar-refractivity contribution in [3.63, 3.8) is 0 Å². The molecule has 0 aliphatic heterocycles. The smallest absolute Gasteiger partial charge is 0.102 e. The molecule has 178 valence electrons. The van der Waals surface area contributed by atoms with E-state index in [1.807, 2.05) is 0 Å². The first kappa shape index (κ1) is 25.4. The fraction of sp³-hybridized carbons (Fsp3) is 0.516. The van der Waals surface area contributed by atoms with Crippen LogP contribution in [0.2, 0.25) is 0 Å². The number of benzene rings is 1. The fourth-order valence-electron chi connectivity index (χ4n) is 4.96. The van der Waals surface area contributed by atoms with Gasteiger partial charge in [-0.15, -0.1) is 0 Å². The van der Waals surface area contributed by atoms with E-state index in [0.29, 0.717) is 5.92 Å². The molecule has 2 nitrogen and oxygen atoms in total. The van der Waals surface area contributed by atoms with Crippen molar-refractivity contribution in [3.05, 3.63) is 82.0 Å². The number of unbranched alkanes of at least 4 members (excludes halogenated alkanes) is 2. The quantitative estimate of drug-likeness (QED) is 0.276. The predicted octanol–water partition coefficient (Wildman–Crippen LogP) is 8.41. The van der Waals surface area contributed by atoms with Crippen LogP contribution in [0, 0.1) is 5.92 Å². The summed E-state index contributed by atoms with van der Waals surface area (Å²) in [6.07, 6.45) is 14.2. The molecule has 0 saturated carbocycles.